The molecule has 4 nitrogen and oxygen atoms in total. The molecule has 2 rings (SSSR count). The topological polar surface area (TPSA) is 43.6 Å². The van der Waals surface area contributed by atoms with Crippen LogP contribution in [0.1, 0.15) is 0 Å². The van der Waals surface area contributed by atoms with Crippen molar-refractivity contribution in [1.29, 1.82) is 0 Å². The number of pyridine rings is 1. The summed E-state index contributed by atoms with van der Waals surface area (Å²) in [6.07, 6.45) is 1.59. The van der Waals surface area contributed by atoms with Crippen LogP contribution in [0.3, 0.4) is 0 Å². The molecule has 0 spiro atoms. The average molecular weight is 144 g/mol. The highest BCUT2D eigenvalue weighted by atomic mass is 15.4. The van der Waals surface area contributed by atoms with Crippen molar-refractivity contribution in [3.05, 3.63) is 12.3 Å². The average Bonchev–Trinajstić information content (AvgIpc) is 2.32. The van der Waals surface area contributed by atoms with Gasteiger partial charge < -0.3 is 0 Å². The van der Waals surface area contributed by atoms with Gasteiger partial charge in [0.25, 0.3) is 0 Å². The van der Waals surface area contributed by atoms with Crippen LogP contribution >= 0.6 is 0 Å². The lowest BCUT2D eigenvalue weighted by Crippen LogP contribution is -2.02. The molecule has 2 aromatic heterocycles. The van der Waals surface area contributed by atoms with Crippen molar-refractivity contribution in [2.24, 2.45) is 7.05 Å². The monoisotopic (exact) mass is 144 g/mol. The second kappa shape index (κ2) is 2.05. The van der Waals surface area contributed by atoms with Gasteiger partial charge in [0, 0.05) is 13.2 Å². The molecular formula is C6H5BN4. The van der Waals surface area contributed by atoms with Gasteiger partial charge in [-0.1, -0.05) is 10.7 Å². The van der Waals surface area contributed by atoms with Crippen molar-refractivity contribution < 1.29 is 0 Å². The SMILES string of the molecule is [B]c1cnc2c(c1)nnn2C. The van der Waals surface area contributed by atoms with Gasteiger partial charge in [-0.15, -0.1) is 5.10 Å². The van der Waals surface area contributed by atoms with Crippen molar-refractivity contribution in [2.45, 2.75) is 0 Å². The van der Waals surface area contributed by atoms with Crippen molar-refractivity contribution in [2.75, 3.05) is 0 Å². The molecule has 2 aromatic rings. The summed E-state index contributed by atoms with van der Waals surface area (Å²) in [5, 5.41) is 7.64. The maximum absolute atomic E-state index is 5.49. The zero-order chi connectivity index (χ0) is 7.84. The van der Waals surface area contributed by atoms with Crippen LogP contribution in [-0.2, 0) is 7.05 Å². The van der Waals surface area contributed by atoms with Crippen LogP contribution in [-0.4, -0.2) is 27.8 Å². The Morgan fingerprint density at radius 1 is 1.55 bits per heavy atom. The molecule has 0 saturated carbocycles. The summed E-state index contributed by atoms with van der Waals surface area (Å²) >= 11 is 0. The molecule has 0 saturated heterocycles. The van der Waals surface area contributed by atoms with Gasteiger partial charge in [-0.2, -0.15) is 0 Å². The minimum Gasteiger partial charge on any atom is -0.236 e. The van der Waals surface area contributed by atoms with Gasteiger partial charge in [0.15, 0.2) is 5.65 Å². The Morgan fingerprint density at radius 2 is 2.36 bits per heavy atom. The third-order valence-corrected chi connectivity index (χ3v) is 1.46. The van der Waals surface area contributed by atoms with Crippen LogP contribution in [0.15, 0.2) is 12.3 Å². The van der Waals surface area contributed by atoms with Gasteiger partial charge in [-0.05, 0) is 6.07 Å². The third kappa shape index (κ3) is 0.887. The van der Waals surface area contributed by atoms with Crippen molar-refractivity contribution in [1.82, 2.24) is 20.0 Å². The molecule has 52 valence electrons. The fourth-order valence-corrected chi connectivity index (χ4v) is 0.942. The van der Waals surface area contributed by atoms with Gasteiger partial charge in [0.05, 0.1) is 0 Å². The maximum atomic E-state index is 5.49. The molecule has 0 aromatic carbocycles. The predicted molar refractivity (Wildman–Crippen MR) is 41.7 cm³/mol. The molecule has 0 aliphatic carbocycles. The first-order valence-electron chi connectivity index (χ1n) is 3.18. The highest BCUT2D eigenvalue weighted by Crippen LogP contribution is 2.01. The van der Waals surface area contributed by atoms with Crippen LogP contribution in [0, 0.1) is 0 Å². The Hall–Kier alpha value is -1.39. The molecule has 0 atom stereocenters. The largest absolute Gasteiger partial charge is 0.236 e. The predicted octanol–water partition coefficient (Wildman–Crippen LogP) is -0.843. The fourth-order valence-electron chi connectivity index (χ4n) is 0.942. The first-order valence-corrected chi connectivity index (χ1v) is 3.18. The number of rotatable bonds is 0. The van der Waals surface area contributed by atoms with Crippen LogP contribution in [0.5, 0.6) is 0 Å². The number of hydrogen-bond acceptors (Lipinski definition) is 3. The summed E-state index contributed by atoms with van der Waals surface area (Å²) in [5.74, 6) is 0. The summed E-state index contributed by atoms with van der Waals surface area (Å²) in [6.45, 7) is 0. The van der Waals surface area contributed by atoms with Gasteiger partial charge >= 0.3 is 0 Å². The zero-order valence-electron chi connectivity index (χ0n) is 6.02. The number of fused-ring (bicyclic) bond motifs is 1. The Morgan fingerprint density at radius 3 is 3.18 bits per heavy atom. The van der Waals surface area contributed by atoms with E-state index in [0.717, 1.165) is 11.2 Å². The van der Waals surface area contributed by atoms with Gasteiger partial charge in [0.2, 0.25) is 0 Å². The molecular weight excluding hydrogens is 139 g/mol. The quantitative estimate of drug-likeness (QED) is 0.452. The van der Waals surface area contributed by atoms with Crippen LogP contribution in [0.2, 0.25) is 0 Å². The zero-order valence-corrected chi connectivity index (χ0v) is 6.02. The fraction of sp³-hybridized carbons (Fsp3) is 0.167. The summed E-state index contributed by atoms with van der Waals surface area (Å²) < 4.78 is 1.61. The van der Waals surface area contributed by atoms with E-state index in [4.69, 9.17) is 7.85 Å². The van der Waals surface area contributed by atoms with Crippen LogP contribution < -0.4 is 5.46 Å². The minimum atomic E-state index is 0.609. The second-order valence-electron chi connectivity index (χ2n) is 2.32. The molecule has 5 heteroatoms. The Bertz CT molecular complexity index is 394. The molecule has 0 N–H and O–H groups in total. The molecule has 0 aliphatic rings. The van der Waals surface area contributed by atoms with E-state index in [9.17, 15) is 0 Å². The smallest absolute Gasteiger partial charge is 0.178 e. The summed E-state index contributed by atoms with van der Waals surface area (Å²) in [4.78, 5) is 4.05. The van der Waals surface area contributed by atoms with Crippen molar-refractivity contribution in [3.63, 3.8) is 0 Å². The molecule has 0 fully saturated rings. The molecule has 0 amide bonds. The molecule has 0 aliphatic heterocycles. The number of hydrogen-bond donors (Lipinski definition) is 0. The lowest BCUT2D eigenvalue weighted by molar-refractivity contribution is 0.730. The second-order valence-corrected chi connectivity index (χ2v) is 2.32. The van der Waals surface area contributed by atoms with E-state index in [2.05, 4.69) is 15.3 Å². The molecule has 11 heavy (non-hydrogen) atoms. The third-order valence-electron chi connectivity index (χ3n) is 1.46. The van der Waals surface area contributed by atoms with E-state index in [1.165, 1.54) is 0 Å². The van der Waals surface area contributed by atoms with E-state index in [-0.39, 0.29) is 0 Å². The number of nitrogens with zero attached hydrogens (tertiary/aromatic N) is 4. The Kier molecular flexibility index (Phi) is 1.18. The first kappa shape index (κ1) is 6.33. The number of aryl methyl sites for hydroxylation is 1. The molecule has 2 heterocycles. The van der Waals surface area contributed by atoms with E-state index in [1.54, 1.807) is 24.0 Å². The Labute approximate surface area is 64.6 Å². The summed E-state index contributed by atoms with van der Waals surface area (Å²) in [6, 6.07) is 1.75. The van der Waals surface area contributed by atoms with Crippen LogP contribution in [0.25, 0.3) is 11.2 Å². The van der Waals surface area contributed by atoms with E-state index >= 15 is 0 Å². The highest BCUT2D eigenvalue weighted by Gasteiger charge is 2.00. The van der Waals surface area contributed by atoms with E-state index < -0.39 is 0 Å². The van der Waals surface area contributed by atoms with E-state index in [1.807, 2.05) is 0 Å². The maximum Gasteiger partial charge on any atom is 0.178 e. The summed E-state index contributed by atoms with van der Waals surface area (Å²) in [5.41, 5.74) is 2.09. The van der Waals surface area contributed by atoms with Crippen molar-refractivity contribution >= 4 is 24.5 Å². The first-order chi connectivity index (χ1) is 5.27. The Balaban J connectivity index is 2.86. The lowest BCUT2D eigenvalue weighted by atomic mass is 9.99. The van der Waals surface area contributed by atoms with Crippen LogP contribution in [0.4, 0.5) is 0 Å². The standard InChI is InChI=1S/C6H5BN4/c1-11-6-5(9-10-11)2-4(7)3-8-6/h2-3H,1H3. The normalized spacial score (nSPS) is 10.6. The molecule has 2 radical (unpaired) electrons. The van der Waals surface area contributed by atoms with Crippen molar-refractivity contribution in [3.8, 4) is 0 Å². The molecule has 0 bridgehead atoms. The van der Waals surface area contributed by atoms with E-state index in [0.29, 0.717) is 5.46 Å². The highest BCUT2D eigenvalue weighted by molar-refractivity contribution is 6.32. The van der Waals surface area contributed by atoms with Gasteiger partial charge in [0.1, 0.15) is 13.4 Å². The van der Waals surface area contributed by atoms with Gasteiger partial charge in [-0.3, -0.25) is 0 Å². The lowest BCUT2D eigenvalue weighted by Gasteiger charge is -1.91. The number of aromatic nitrogens is 4. The molecule has 0 unspecified atom stereocenters. The minimum absolute atomic E-state index is 0.609. The summed E-state index contributed by atoms with van der Waals surface area (Å²) in [7, 11) is 7.28. The van der Waals surface area contributed by atoms with Gasteiger partial charge in [-0.25, -0.2) is 9.67 Å².